The molecule has 1 unspecified atom stereocenters. The van der Waals surface area contributed by atoms with Gasteiger partial charge >= 0.3 is 6.61 Å². The standard InChI is InChI=1S/C23H23F3N6O3/c1-13-17-4-5-27-6-7-31(17)30-21(13)14-8-19(22-20(35-23(25)26)10-29-32(22)11-14)34-12-18(33)16-3-2-15(24)9-28-16/h2-3,8-11,18,23,27,33H,4-7,12H2,1H3. The average Bonchev–Trinajstić information content (AvgIpc) is 3.27. The van der Waals surface area contributed by atoms with Crippen LogP contribution in [0.2, 0.25) is 0 Å². The lowest BCUT2D eigenvalue weighted by Crippen LogP contribution is -2.17. The Morgan fingerprint density at radius 2 is 2.06 bits per heavy atom. The second-order valence-electron chi connectivity index (χ2n) is 8.15. The van der Waals surface area contributed by atoms with Gasteiger partial charge in [0.15, 0.2) is 11.3 Å². The van der Waals surface area contributed by atoms with Gasteiger partial charge in [0, 0.05) is 37.0 Å². The van der Waals surface area contributed by atoms with E-state index in [4.69, 9.17) is 9.84 Å². The number of ether oxygens (including phenoxy) is 2. The Kier molecular flexibility index (Phi) is 6.31. The van der Waals surface area contributed by atoms with E-state index in [2.05, 4.69) is 20.1 Å². The Morgan fingerprint density at radius 3 is 2.83 bits per heavy atom. The van der Waals surface area contributed by atoms with E-state index in [0.29, 0.717) is 5.56 Å². The van der Waals surface area contributed by atoms with Crippen molar-refractivity contribution >= 4 is 5.52 Å². The smallest absolute Gasteiger partial charge is 0.387 e. The molecule has 5 heterocycles. The molecule has 12 heteroatoms. The van der Waals surface area contributed by atoms with Gasteiger partial charge in [0.25, 0.3) is 0 Å². The zero-order valence-electron chi connectivity index (χ0n) is 18.8. The maximum Gasteiger partial charge on any atom is 0.387 e. The van der Waals surface area contributed by atoms with Gasteiger partial charge in [-0.2, -0.15) is 19.0 Å². The first-order chi connectivity index (χ1) is 16.9. The number of rotatable bonds is 7. The minimum atomic E-state index is -3.05. The van der Waals surface area contributed by atoms with Crippen LogP contribution in [0.3, 0.4) is 0 Å². The number of halogens is 3. The molecule has 0 saturated heterocycles. The van der Waals surface area contributed by atoms with Crippen molar-refractivity contribution in [2.45, 2.75) is 32.6 Å². The lowest BCUT2D eigenvalue weighted by atomic mass is 10.1. The van der Waals surface area contributed by atoms with E-state index in [1.807, 2.05) is 11.6 Å². The summed E-state index contributed by atoms with van der Waals surface area (Å²) in [4.78, 5) is 3.86. The predicted octanol–water partition coefficient (Wildman–Crippen LogP) is 2.90. The lowest BCUT2D eigenvalue weighted by Gasteiger charge is -2.15. The van der Waals surface area contributed by atoms with Crippen molar-refractivity contribution in [3.05, 3.63) is 59.6 Å². The number of nitrogens with one attached hydrogen (secondary N) is 1. The minimum absolute atomic E-state index is 0.167. The molecule has 0 spiro atoms. The largest absolute Gasteiger partial charge is 0.488 e. The summed E-state index contributed by atoms with van der Waals surface area (Å²) in [6.45, 7) is 1.06. The zero-order chi connectivity index (χ0) is 24.5. The van der Waals surface area contributed by atoms with Gasteiger partial charge in [-0.3, -0.25) is 9.67 Å². The van der Waals surface area contributed by atoms with Gasteiger partial charge in [0.2, 0.25) is 0 Å². The topological polar surface area (TPSA) is 98.7 Å². The van der Waals surface area contributed by atoms with Crippen LogP contribution in [0.15, 0.2) is 36.8 Å². The highest BCUT2D eigenvalue weighted by Gasteiger charge is 2.22. The van der Waals surface area contributed by atoms with Gasteiger partial charge in [-0.05, 0) is 30.7 Å². The molecule has 9 nitrogen and oxygen atoms in total. The fraction of sp³-hybridized carbons (Fsp3) is 0.348. The quantitative estimate of drug-likeness (QED) is 0.413. The Labute approximate surface area is 198 Å². The van der Waals surface area contributed by atoms with Crippen molar-refractivity contribution in [2.75, 3.05) is 19.7 Å². The maximum atomic E-state index is 13.2. The van der Waals surface area contributed by atoms with Crippen LogP contribution in [0.1, 0.15) is 23.1 Å². The summed E-state index contributed by atoms with van der Waals surface area (Å²) in [6.07, 6.45) is 3.49. The molecule has 4 aromatic heterocycles. The highest BCUT2D eigenvalue weighted by Crippen LogP contribution is 2.36. The molecule has 0 fully saturated rings. The highest BCUT2D eigenvalue weighted by molar-refractivity contribution is 5.75. The molecule has 0 radical (unpaired) electrons. The summed E-state index contributed by atoms with van der Waals surface area (Å²) in [5, 5.41) is 22.7. The number of aliphatic hydroxyl groups is 1. The third-order valence-corrected chi connectivity index (χ3v) is 5.88. The number of hydrogen-bond acceptors (Lipinski definition) is 7. The van der Waals surface area contributed by atoms with E-state index in [1.165, 1.54) is 22.8 Å². The lowest BCUT2D eigenvalue weighted by molar-refractivity contribution is -0.0489. The first-order valence-electron chi connectivity index (χ1n) is 11.1. The van der Waals surface area contributed by atoms with Crippen molar-refractivity contribution in [2.24, 2.45) is 0 Å². The zero-order valence-corrected chi connectivity index (χ0v) is 18.8. The van der Waals surface area contributed by atoms with Gasteiger partial charge in [-0.25, -0.2) is 8.91 Å². The van der Waals surface area contributed by atoms with Gasteiger partial charge < -0.3 is 19.9 Å². The monoisotopic (exact) mass is 488 g/mol. The fourth-order valence-electron chi connectivity index (χ4n) is 4.20. The number of alkyl halides is 2. The van der Waals surface area contributed by atoms with Gasteiger partial charge in [-0.1, -0.05) is 0 Å². The molecule has 0 aliphatic carbocycles. The van der Waals surface area contributed by atoms with Crippen LogP contribution in [0.25, 0.3) is 16.8 Å². The summed E-state index contributed by atoms with van der Waals surface area (Å²) in [7, 11) is 0. The van der Waals surface area contributed by atoms with E-state index in [0.717, 1.165) is 49.2 Å². The Morgan fingerprint density at radius 1 is 1.20 bits per heavy atom. The number of aliphatic hydroxyl groups excluding tert-OH is 1. The minimum Gasteiger partial charge on any atom is -0.488 e. The van der Waals surface area contributed by atoms with E-state index in [1.54, 1.807) is 12.3 Å². The van der Waals surface area contributed by atoms with Crippen molar-refractivity contribution < 1.29 is 27.8 Å². The van der Waals surface area contributed by atoms with Crippen LogP contribution in [0.5, 0.6) is 11.5 Å². The Balaban J connectivity index is 1.53. The van der Waals surface area contributed by atoms with Crippen LogP contribution in [-0.4, -0.2) is 55.8 Å². The summed E-state index contributed by atoms with van der Waals surface area (Å²) in [5.74, 6) is -0.533. The maximum absolute atomic E-state index is 13.2. The summed E-state index contributed by atoms with van der Waals surface area (Å²) in [6, 6.07) is 4.18. The Hall–Kier alpha value is -3.64. The van der Waals surface area contributed by atoms with Gasteiger partial charge in [-0.15, -0.1) is 0 Å². The molecule has 0 aromatic carbocycles. The first-order valence-corrected chi connectivity index (χ1v) is 11.1. The third-order valence-electron chi connectivity index (χ3n) is 5.88. The van der Waals surface area contributed by atoms with Crippen molar-refractivity contribution in [3.63, 3.8) is 0 Å². The molecule has 2 N–H and O–H groups in total. The molecule has 5 rings (SSSR count). The van der Waals surface area contributed by atoms with Crippen LogP contribution in [0.4, 0.5) is 13.2 Å². The molecular formula is C23H23F3N6O3. The summed E-state index contributed by atoms with van der Waals surface area (Å²) in [5.41, 5.74) is 3.90. The molecule has 0 amide bonds. The number of fused-ring (bicyclic) bond motifs is 2. The van der Waals surface area contributed by atoms with Crippen molar-refractivity contribution in [1.29, 1.82) is 0 Å². The molecule has 1 aliphatic heterocycles. The molecule has 1 atom stereocenters. The number of hydrogen-bond donors (Lipinski definition) is 2. The first kappa shape index (κ1) is 23.1. The van der Waals surface area contributed by atoms with E-state index in [9.17, 15) is 18.3 Å². The van der Waals surface area contributed by atoms with Crippen LogP contribution >= 0.6 is 0 Å². The number of pyridine rings is 2. The SMILES string of the molecule is Cc1c(-c2cc(OCC(O)c3ccc(F)cn3)c3c(OC(F)F)cnn3c2)nn2c1CCNCC2. The molecule has 0 saturated carbocycles. The van der Waals surface area contributed by atoms with Crippen molar-refractivity contribution in [3.8, 4) is 22.8 Å². The molecule has 1 aliphatic rings. The summed E-state index contributed by atoms with van der Waals surface area (Å²) < 4.78 is 53.0. The molecule has 4 aromatic rings. The van der Waals surface area contributed by atoms with E-state index < -0.39 is 18.5 Å². The second-order valence-corrected chi connectivity index (χ2v) is 8.15. The fourth-order valence-corrected chi connectivity index (χ4v) is 4.20. The average molecular weight is 488 g/mol. The molecule has 184 valence electrons. The van der Waals surface area contributed by atoms with E-state index in [-0.39, 0.29) is 29.3 Å². The van der Waals surface area contributed by atoms with Gasteiger partial charge in [0.1, 0.15) is 24.3 Å². The second kappa shape index (κ2) is 9.55. The van der Waals surface area contributed by atoms with Crippen LogP contribution in [-0.2, 0) is 13.0 Å². The van der Waals surface area contributed by atoms with E-state index >= 15 is 0 Å². The van der Waals surface area contributed by atoms with Crippen LogP contribution < -0.4 is 14.8 Å². The number of aromatic nitrogens is 5. The normalized spacial score (nSPS) is 14.7. The summed E-state index contributed by atoms with van der Waals surface area (Å²) >= 11 is 0. The molecule has 0 bridgehead atoms. The van der Waals surface area contributed by atoms with Crippen molar-refractivity contribution in [1.82, 2.24) is 29.7 Å². The highest BCUT2D eigenvalue weighted by atomic mass is 19.3. The predicted molar refractivity (Wildman–Crippen MR) is 119 cm³/mol. The third kappa shape index (κ3) is 4.66. The van der Waals surface area contributed by atoms with Gasteiger partial charge in [0.05, 0.1) is 30.3 Å². The molecular weight excluding hydrogens is 465 g/mol. The Bertz CT molecular complexity index is 1340. The number of nitrogens with zero attached hydrogens (tertiary/aromatic N) is 5. The van der Waals surface area contributed by atoms with Crippen LogP contribution in [0, 0.1) is 12.7 Å². The molecule has 35 heavy (non-hydrogen) atoms.